The maximum absolute atomic E-state index is 13.3. The number of piperidine rings is 1. The quantitative estimate of drug-likeness (QED) is 0.845. The van der Waals surface area contributed by atoms with Crippen LogP contribution in [0.4, 0.5) is 10.1 Å². The van der Waals surface area contributed by atoms with Crippen molar-refractivity contribution in [1.29, 1.82) is 0 Å². The highest BCUT2D eigenvalue weighted by Gasteiger charge is 2.45. The van der Waals surface area contributed by atoms with Crippen molar-refractivity contribution < 1.29 is 19.1 Å². The van der Waals surface area contributed by atoms with E-state index in [-0.39, 0.29) is 18.3 Å². The minimum absolute atomic E-state index is 0.0220. The van der Waals surface area contributed by atoms with Crippen LogP contribution in [-0.4, -0.2) is 47.1 Å². The monoisotopic (exact) mass is 306 g/mol. The minimum Gasteiger partial charge on any atom is -0.378 e. The predicted octanol–water partition coefficient (Wildman–Crippen LogP) is 1.09. The minimum atomic E-state index is -1.56. The van der Waals surface area contributed by atoms with E-state index < -0.39 is 11.5 Å². The van der Waals surface area contributed by atoms with Gasteiger partial charge in [0.05, 0.1) is 6.54 Å². The summed E-state index contributed by atoms with van der Waals surface area (Å²) in [6, 6.07) is 4.32. The second-order valence-electron chi connectivity index (χ2n) is 6.06. The normalized spacial score (nSPS) is 24.3. The lowest BCUT2D eigenvalue weighted by molar-refractivity contribution is -0.148. The van der Waals surface area contributed by atoms with Gasteiger partial charge in [0.1, 0.15) is 5.82 Å². The summed E-state index contributed by atoms with van der Waals surface area (Å²) in [4.78, 5) is 27.3. The van der Waals surface area contributed by atoms with Gasteiger partial charge in [-0.15, -0.1) is 0 Å². The molecule has 0 aromatic heterocycles. The summed E-state index contributed by atoms with van der Waals surface area (Å²) in [5, 5.41) is 10.7. The molecule has 0 spiro atoms. The van der Waals surface area contributed by atoms with Gasteiger partial charge in [0.25, 0.3) is 5.91 Å². The Kier molecular flexibility index (Phi) is 3.64. The zero-order chi connectivity index (χ0) is 15.9. The molecule has 2 aliphatic heterocycles. The van der Waals surface area contributed by atoms with Crippen LogP contribution in [0.2, 0.25) is 0 Å². The lowest BCUT2D eigenvalue weighted by atomic mass is 9.91. The second-order valence-corrected chi connectivity index (χ2v) is 6.06. The number of hydrogen-bond acceptors (Lipinski definition) is 3. The first kappa shape index (κ1) is 15.0. The van der Waals surface area contributed by atoms with Gasteiger partial charge >= 0.3 is 0 Å². The highest BCUT2D eigenvalue weighted by atomic mass is 19.1. The molecule has 22 heavy (non-hydrogen) atoms. The first-order chi connectivity index (χ1) is 10.4. The summed E-state index contributed by atoms with van der Waals surface area (Å²) >= 11 is 0. The van der Waals surface area contributed by atoms with Crippen molar-refractivity contribution in [2.24, 2.45) is 0 Å². The Balaban J connectivity index is 1.84. The zero-order valence-electron chi connectivity index (χ0n) is 12.5. The number of likely N-dealkylation sites (tertiary alicyclic amines) is 1. The van der Waals surface area contributed by atoms with Gasteiger partial charge < -0.3 is 14.9 Å². The first-order valence-electron chi connectivity index (χ1n) is 7.49. The van der Waals surface area contributed by atoms with Gasteiger partial charge in [0, 0.05) is 25.7 Å². The smallest absolute Gasteiger partial charge is 0.260 e. The molecule has 0 aliphatic carbocycles. The molecule has 1 fully saturated rings. The number of fused-ring (bicyclic) bond motifs is 1. The van der Waals surface area contributed by atoms with Gasteiger partial charge in [-0.3, -0.25) is 9.59 Å². The van der Waals surface area contributed by atoms with Crippen molar-refractivity contribution >= 4 is 17.5 Å². The van der Waals surface area contributed by atoms with Crippen molar-refractivity contribution in [1.82, 2.24) is 4.90 Å². The fourth-order valence-electron chi connectivity index (χ4n) is 3.31. The molecular formula is C16H19FN2O3. The molecule has 1 aromatic carbocycles. The highest BCUT2D eigenvalue weighted by molar-refractivity contribution is 6.01. The van der Waals surface area contributed by atoms with Crippen molar-refractivity contribution in [3.8, 4) is 0 Å². The van der Waals surface area contributed by atoms with Crippen molar-refractivity contribution in [3.63, 3.8) is 0 Å². The lowest BCUT2D eigenvalue weighted by Gasteiger charge is -2.39. The van der Waals surface area contributed by atoms with E-state index in [1.807, 2.05) is 0 Å². The van der Waals surface area contributed by atoms with Gasteiger partial charge in [0.2, 0.25) is 5.91 Å². The molecule has 118 valence electrons. The number of anilines is 1. The zero-order valence-corrected chi connectivity index (χ0v) is 12.5. The fourth-order valence-corrected chi connectivity index (χ4v) is 3.31. The topological polar surface area (TPSA) is 60.9 Å². The predicted molar refractivity (Wildman–Crippen MR) is 78.9 cm³/mol. The summed E-state index contributed by atoms with van der Waals surface area (Å²) in [7, 11) is 0. The number of nitrogens with zero attached hydrogens (tertiary/aromatic N) is 2. The largest absolute Gasteiger partial charge is 0.378 e. The maximum Gasteiger partial charge on any atom is 0.260 e. The number of carbonyl (C=O) groups excluding carboxylic acids is 2. The maximum atomic E-state index is 13.3. The van der Waals surface area contributed by atoms with Crippen LogP contribution in [0.15, 0.2) is 18.2 Å². The summed E-state index contributed by atoms with van der Waals surface area (Å²) in [6.07, 6.45) is 1.50. The van der Waals surface area contributed by atoms with E-state index in [0.717, 1.165) is 5.56 Å². The third-order valence-electron chi connectivity index (χ3n) is 4.50. The van der Waals surface area contributed by atoms with Crippen LogP contribution in [-0.2, 0) is 16.0 Å². The summed E-state index contributed by atoms with van der Waals surface area (Å²) < 4.78 is 13.3. The number of benzene rings is 1. The molecule has 2 amide bonds. The molecule has 2 heterocycles. The molecule has 6 heteroatoms. The Morgan fingerprint density at radius 1 is 1.32 bits per heavy atom. The van der Waals surface area contributed by atoms with Crippen LogP contribution >= 0.6 is 0 Å². The van der Waals surface area contributed by atoms with Crippen LogP contribution < -0.4 is 4.90 Å². The SMILES string of the molecule is CC(=O)N1CCCC(O)(C(=O)N2CCc3cc(F)ccc32)C1. The van der Waals surface area contributed by atoms with E-state index in [4.69, 9.17) is 0 Å². The Morgan fingerprint density at radius 3 is 2.82 bits per heavy atom. The average Bonchev–Trinajstić information content (AvgIpc) is 2.89. The van der Waals surface area contributed by atoms with Gasteiger partial charge in [0.15, 0.2) is 5.60 Å². The lowest BCUT2D eigenvalue weighted by Crippen LogP contribution is -2.58. The second kappa shape index (κ2) is 5.35. The highest BCUT2D eigenvalue weighted by Crippen LogP contribution is 2.33. The van der Waals surface area contributed by atoms with Crippen LogP contribution in [0.25, 0.3) is 0 Å². The van der Waals surface area contributed by atoms with Crippen LogP contribution in [0.5, 0.6) is 0 Å². The fraction of sp³-hybridized carbons (Fsp3) is 0.500. The third-order valence-corrected chi connectivity index (χ3v) is 4.50. The number of hydrogen-bond donors (Lipinski definition) is 1. The van der Waals surface area contributed by atoms with Crippen molar-refractivity contribution in [3.05, 3.63) is 29.6 Å². The van der Waals surface area contributed by atoms with Crippen molar-refractivity contribution in [2.45, 2.75) is 31.8 Å². The first-order valence-corrected chi connectivity index (χ1v) is 7.49. The Bertz CT molecular complexity index is 634. The van der Waals surface area contributed by atoms with E-state index in [1.165, 1.54) is 28.9 Å². The van der Waals surface area contributed by atoms with Gasteiger partial charge in [-0.25, -0.2) is 4.39 Å². The number of amides is 2. The Labute approximate surface area is 128 Å². The number of carbonyl (C=O) groups is 2. The molecule has 3 rings (SSSR count). The standard InChI is InChI=1S/C16H19FN2O3/c1-11(20)18-7-2-6-16(22,10-18)15(21)19-8-5-12-9-13(17)3-4-14(12)19/h3-4,9,22H,2,5-8,10H2,1H3. The number of aliphatic hydroxyl groups is 1. The van der Waals surface area contributed by atoms with E-state index >= 15 is 0 Å². The van der Waals surface area contributed by atoms with Gasteiger partial charge in [-0.1, -0.05) is 0 Å². The van der Waals surface area contributed by atoms with Gasteiger partial charge in [-0.2, -0.15) is 0 Å². The van der Waals surface area contributed by atoms with Crippen LogP contribution in [0.3, 0.4) is 0 Å². The van der Waals surface area contributed by atoms with Crippen LogP contribution in [0.1, 0.15) is 25.3 Å². The number of rotatable bonds is 1. The molecule has 1 unspecified atom stereocenters. The van der Waals surface area contributed by atoms with Gasteiger partial charge in [-0.05, 0) is 43.0 Å². The molecule has 0 radical (unpaired) electrons. The van der Waals surface area contributed by atoms with E-state index in [0.29, 0.717) is 38.0 Å². The van der Waals surface area contributed by atoms with Crippen molar-refractivity contribution in [2.75, 3.05) is 24.5 Å². The number of β-amino-alcohol motifs (C(OH)–C–C–N with tert-alkyl or cyclic N) is 1. The molecule has 1 saturated heterocycles. The average molecular weight is 306 g/mol. The molecule has 1 aromatic rings. The molecule has 0 bridgehead atoms. The summed E-state index contributed by atoms with van der Waals surface area (Å²) in [5.74, 6) is -0.870. The van der Waals surface area contributed by atoms with E-state index in [2.05, 4.69) is 0 Å². The Hall–Kier alpha value is -1.95. The molecule has 5 nitrogen and oxygen atoms in total. The molecule has 1 atom stereocenters. The number of halogens is 1. The Morgan fingerprint density at radius 2 is 2.09 bits per heavy atom. The molecule has 0 saturated carbocycles. The molecule has 1 N–H and O–H groups in total. The summed E-state index contributed by atoms with van der Waals surface area (Å²) in [5.41, 5.74) is -0.129. The van der Waals surface area contributed by atoms with Crippen LogP contribution in [0, 0.1) is 5.82 Å². The van der Waals surface area contributed by atoms with E-state index in [9.17, 15) is 19.1 Å². The summed E-state index contributed by atoms with van der Waals surface area (Å²) in [6.45, 7) is 2.45. The van der Waals surface area contributed by atoms with E-state index in [1.54, 1.807) is 6.07 Å². The third kappa shape index (κ3) is 2.47. The molecule has 2 aliphatic rings. The molecular weight excluding hydrogens is 287 g/mol.